The van der Waals surface area contributed by atoms with Gasteiger partial charge in [-0.15, -0.1) is 0 Å². The van der Waals surface area contributed by atoms with E-state index in [4.69, 9.17) is 11.6 Å². The summed E-state index contributed by atoms with van der Waals surface area (Å²) in [5.41, 5.74) is 4.52. The fourth-order valence-electron chi connectivity index (χ4n) is 3.34. The molecule has 0 radical (unpaired) electrons. The first-order chi connectivity index (χ1) is 13.3. The maximum absolute atomic E-state index is 6.44. The molecule has 1 aromatic heterocycles. The Balaban J connectivity index is 1.57. The van der Waals surface area contributed by atoms with Crippen LogP contribution in [0.3, 0.4) is 0 Å². The zero-order valence-corrected chi connectivity index (χ0v) is 15.7. The molecule has 2 nitrogen and oxygen atoms in total. The van der Waals surface area contributed by atoms with Crippen molar-refractivity contribution in [3.63, 3.8) is 0 Å². The highest BCUT2D eigenvalue weighted by atomic mass is 35.5. The van der Waals surface area contributed by atoms with Crippen LogP contribution in [0.5, 0.6) is 0 Å². The molecule has 27 heavy (non-hydrogen) atoms. The third-order valence-corrected chi connectivity index (χ3v) is 5.10. The molecule has 4 rings (SSSR count). The molecule has 0 fully saturated rings. The van der Waals surface area contributed by atoms with Crippen LogP contribution in [0.2, 0.25) is 5.15 Å². The summed E-state index contributed by atoms with van der Waals surface area (Å²) in [7, 11) is 0. The van der Waals surface area contributed by atoms with E-state index in [9.17, 15) is 0 Å². The van der Waals surface area contributed by atoms with E-state index in [1.807, 2.05) is 24.3 Å². The lowest BCUT2D eigenvalue weighted by molar-refractivity contribution is 0.530. The summed E-state index contributed by atoms with van der Waals surface area (Å²) in [6.45, 7) is 0.670. The van der Waals surface area contributed by atoms with Gasteiger partial charge in [-0.05, 0) is 29.7 Å². The third-order valence-electron chi connectivity index (χ3n) is 4.77. The first kappa shape index (κ1) is 17.7. The quantitative estimate of drug-likeness (QED) is 0.422. The topological polar surface area (TPSA) is 24.9 Å². The van der Waals surface area contributed by atoms with Crippen LogP contribution >= 0.6 is 11.6 Å². The lowest BCUT2D eigenvalue weighted by Gasteiger charge is -2.20. The molecule has 1 heterocycles. The average molecular weight is 373 g/mol. The average Bonchev–Trinajstić information content (AvgIpc) is 2.72. The number of nitrogens with zero attached hydrogens (tertiary/aromatic N) is 1. The molecule has 0 aliphatic heterocycles. The summed E-state index contributed by atoms with van der Waals surface area (Å²) in [5.74, 6) is 0. The van der Waals surface area contributed by atoms with Gasteiger partial charge in [0.2, 0.25) is 0 Å². The minimum Gasteiger partial charge on any atom is -0.305 e. The maximum atomic E-state index is 6.44. The molecule has 0 bridgehead atoms. The largest absolute Gasteiger partial charge is 0.305 e. The second kappa shape index (κ2) is 8.34. The van der Waals surface area contributed by atoms with E-state index < -0.39 is 0 Å². The highest BCUT2D eigenvalue weighted by Crippen LogP contribution is 2.23. The van der Waals surface area contributed by atoms with Gasteiger partial charge in [0.25, 0.3) is 0 Å². The second-order valence-electron chi connectivity index (χ2n) is 6.66. The number of hydrogen-bond acceptors (Lipinski definition) is 2. The molecule has 3 aromatic carbocycles. The highest BCUT2D eigenvalue weighted by Gasteiger charge is 2.13. The van der Waals surface area contributed by atoms with Gasteiger partial charge in [-0.1, -0.05) is 90.5 Å². The fraction of sp³-hybridized carbons (Fsp3) is 0.125. The van der Waals surface area contributed by atoms with Crippen molar-refractivity contribution in [3.05, 3.63) is 113 Å². The summed E-state index contributed by atoms with van der Waals surface area (Å²) >= 11 is 6.44. The van der Waals surface area contributed by atoms with E-state index in [0.717, 1.165) is 22.9 Å². The van der Waals surface area contributed by atoms with Crippen LogP contribution in [-0.4, -0.2) is 4.98 Å². The van der Waals surface area contributed by atoms with Crippen molar-refractivity contribution in [2.45, 2.75) is 19.0 Å². The Bertz CT molecular complexity index is 1020. The van der Waals surface area contributed by atoms with Crippen molar-refractivity contribution in [3.8, 4) is 0 Å². The SMILES string of the molecule is Clc1nc2ccccc2cc1CNC(Cc1ccccc1)c1ccccc1. The number of para-hydroxylation sites is 1. The summed E-state index contributed by atoms with van der Waals surface area (Å²) < 4.78 is 0. The Morgan fingerprint density at radius 2 is 1.48 bits per heavy atom. The number of rotatable bonds is 6. The summed E-state index contributed by atoms with van der Waals surface area (Å²) in [6, 6.07) is 31.5. The van der Waals surface area contributed by atoms with Gasteiger partial charge < -0.3 is 5.32 Å². The van der Waals surface area contributed by atoms with Crippen LogP contribution in [0, 0.1) is 0 Å². The Morgan fingerprint density at radius 3 is 2.26 bits per heavy atom. The van der Waals surface area contributed by atoms with Crippen molar-refractivity contribution >= 4 is 22.5 Å². The van der Waals surface area contributed by atoms with Gasteiger partial charge in [-0.25, -0.2) is 4.98 Å². The molecule has 0 spiro atoms. The predicted octanol–water partition coefficient (Wildman–Crippen LogP) is 5.96. The van der Waals surface area contributed by atoms with Crippen LogP contribution in [0.25, 0.3) is 10.9 Å². The lowest BCUT2D eigenvalue weighted by Crippen LogP contribution is -2.23. The number of halogens is 1. The first-order valence-electron chi connectivity index (χ1n) is 9.16. The summed E-state index contributed by atoms with van der Waals surface area (Å²) in [5, 5.41) is 5.35. The summed E-state index contributed by atoms with van der Waals surface area (Å²) in [6.07, 6.45) is 0.920. The Kier molecular flexibility index (Phi) is 5.47. The van der Waals surface area contributed by atoms with E-state index >= 15 is 0 Å². The second-order valence-corrected chi connectivity index (χ2v) is 7.02. The predicted molar refractivity (Wildman–Crippen MR) is 113 cm³/mol. The molecule has 0 aliphatic carbocycles. The zero-order valence-electron chi connectivity index (χ0n) is 15.0. The molecule has 0 saturated heterocycles. The molecule has 0 aliphatic rings. The molecule has 1 N–H and O–H groups in total. The van der Waals surface area contributed by atoms with Crippen LogP contribution in [-0.2, 0) is 13.0 Å². The van der Waals surface area contributed by atoms with Crippen molar-refractivity contribution in [2.75, 3.05) is 0 Å². The van der Waals surface area contributed by atoms with Crippen LogP contribution in [0.4, 0.5) is 0 Å². The smallest absolute Gasteiger partial charge is 0.134 e. The molecule has 1 atom stereocenters. The number of aromatic nitrogens is 1. The van der Waals surface area contributed by atoms with Crippen LogP contribution in [0.15, 0.2) is 91.0 Å². The number of nitrogens with one attached hydrogen (secondary N) is 1. The van der Waals surface area contributed by atoms with Crippen LogP contribution < -0.4 is 5.32 Å². The Hall–Kier alpha value is -2.68. The molecule has 1 unspecified atom stereocenters. The standard InChI is InChI=1S/C24H21ClN2/c25-24-21(16-20-13-7-8-14-22(20)27-24)17-26-23(19-11-5-2-6-12-19)15-18-9-3-1-4-10-18/h1-14,16,23,26H,15,17H2. The van der Waals surface area contributed by atoms with Gasteiger partial charge in [0.05, 0.1) is 5.52 Å². The van der Waals surface area contributed by atoms with Crippen molar-refractivity contribution in [1.29, 1.82) is 0 Å². The molecule has 4 aromatic rings. The Labute approximate surface area is 164 Å². The number of benzene rings is 3. The summed E-state index contributed by atoms with van der Waals surface area (Å²) in [4.78, 5) is 4.54. The van der Waals surface area contributed by atoms with Crippen molar-refractivity contribution in [1.82, 2.24) is 10.3 Å². The molecule has 0 saturated carbocycles. The first-order valence-corrected chi connectivity index (χ1v) is 9.54. The van der Waals surface area contributed by atoms with Gasteiger partial charge >= 0.3 is 0 Å². The van der Waals surface area contributed by atoms with Crippen molar-refractivity contribution < 1.29 is 0 Å². The molecule has 134 valence electrons. The zero-order chi connectivity index (χ0) is 18.5. The molecular weight excluding hydrogens is 352 g/mol. The fourth-order valence-corrected chi connectivity index (χ4v) is 3.55. The van der Waals surface area contributed by atoms with E-state index in [2.05, 4.69) is 77.0 Å². The molecule has 0 amide bonds. The maximum Gasteiger partial charge on any atom is 0.134 e. The van der Waals surface area contributed by atoms with E-state index in [1.54, 1.807) is 0 Å². The van der Waals surface area contributed by atoms with Gasteiger partial charge in [0.15, 0.2) is 0 Å². The number of pyridine rings is 1. The normalized spacial score (nSPS) is 12.2. The third kappa shape index (κ3) is 4.36. The highest BCUT2D eigenvalue weighted by molar-refractivity contribution is 6.30. The Morgan fingerprint density at radius 1 is 0.815 bits per heavy atom. The lowest BCUT2D eigenvalue weighted by atomic mass is 9.98. The van der Waals surface area contributed by atoms with Gasteiger partial charge in [0.1, 0.15) is 5.15 Å². The van der Waals surface area contributed by atoms with E-state index in [-0.39, 0.29) is 6.04 Å². The number of hydrogen-bond donors (Lipinski definition) is 1. The number of fused-ring (bicyclic) bond motifs is 1. The molecule has 3 heteroatoms. The van der Waals surface area contributed by atoms with Gasteiger partial charge in [0, 0.05) is 23.5 Å². The van der Waals surface area contributed by atoms with Gasteiger partial charge in [-0.3, -0.25) is 0 Å². The minimum atomic E-state index is 0.205. The van der Waals surface area contributed by atoms with E-state index in [1.165, 1.54) is 11.1 Å². The van der Waals surface area contributed by atoms with E-state index in [0.29, 0.717) is 11.7 Å². The van der Waals surface area contributed by atoms with Crippen molar-refractivity contribution in [2.24, 2.45) is 0 Å². The minimum absolute atomic E-state index is 0.205. The van der Waals surface area contributed by atoms with Crippen LogP contribution in [0.1, 0.15) is 22.7 Å². The van der Waals surface area contributed by atoms with Gasteiger partial charge in [-0.2, -0.15) is 0 Å². The molecular formula is C24H21ClN2. The monoisotopic (exact) mass is 372 g/mol.